The van der Waals surface area contributed by atoms with Gasteiger partial charge in [-0.15, -0.1) is 11.7 Å². The number of halogens is 3. The zero-order chi connectivity index (χ0) is 21.0. The lowest BCUT2D eigenvalue weighted by Gasteiger charge is -2.42. The molecule has 5 atom stereocenters. The molecule has 3 rings (SSSR count). The van der Waals surface area contributed by atoms with Crippen LogP contribution >= 0.6 is 0 Å². The number of alkyl halides is 3. The molecule has 0 aliphatic carbocycles. The maximum atomic E-state index is 12.9. The highest BCUT2D eigenvalue weighted by Gasteiger charge is 2.46. The summed E-state index contributed by atoms with van der Waals surface area (Å²) in [5, 5.41) is 31.0. The smallest absolute Gasteiger partial charge is 0.388 e. The fraction of sp³-hybridized carbons (Fsp3) is 0.500. The highest BCUT2D eigenvalue weighted by molar-refractivity contribution is 5.29. The molecular formula is C16H19F3N6O4. The van der Waals surface area contributed by atoms with E-state index >= 15 is 0 Å². The number of aliphatic hydroxyl groups excluding tert-OH is 2. The van der Waals surface area contributed by atoms with Gasteiger partial charge in [0.25, 0.3) is 0 Å². The van der Waals surface area contributed by atoms with E-state index in [9.17, 15) is 23.4 Å². The molecule has 3 heterocycles. The maximum absolute atomic E-state index is 12.9. The lowest BCUT2D eigenvalue weighted by Crippen LogP contribution is -2.61. The van der Waals surface area contributed by atoms with Crippen molar-refractivity contribution in [1.82, 2.24) is 25.0 Å². The van der Waals surface area contributed by atoms with Gasteiger partial charge in [0.2, 0.25) is 5.95 Å². The van der Waals surface area contributed by atoms with E-state index in [0.29, 0.717) is 6.07 Å². The quantitative estimate of drug-likeness (QED) is 0.543. The minimum absolute atomic E-state index is 0.0329. The van der Waals surface area contributed by atoms with Gasteiger partial charge in [0, 0.05) is 12.4 Å². The number of aliphatic hydroxyl groups is 2. The predicted octanol–water partition coefficient (Wildman–Crippen LogP) is 0.217. The van der Waals surface area contributed by atoms with Gasteiger partial charge >= 0.3 is 6.18 Å². The highest BCUT2D eigenvalue weighted by Crippen LogP contribution is 2.29. The molecule has 5 unspecified atom stereocenters. The third-order valence-electron chi connectivity index (χ3n) is 4.16. The Morgan fingerprint density at radius 1 is 1.31 bits per heavy atom. The van der Waals surface area contributed by atoms with E-state index in [-0.39, 0.29) is 13.2 Å². The lowest BCUT2D eigenvalue weighted by atomic mass is 9.96. The molecule has 29 heavy (non-hydrogen) atoms. The van der Waals surface area contributed by atoms with Crippen molar-refractivity contribution in [2.75, 3.05) is 11.9 Å². The van der Waals surface area contributed by atoms with Gasteiger partial charge in [0.1, 0.15) is 30.0 Å². The number of hydrogen-bond acceptors (Lipinski definition) is 9. The van der Waals surface area contributed by atoms with Crippen LogP contribution < -0.4 is 5.32 Å². The van der Waals surface area contributed by atoms with Gasteiger partial charge in [-0.25, -0.2) is 14.6 Å². The van der Waals surface area contributed by atoms with Gasteiger partial charge in [0.05, 0.1) is 19.3 Å². The van der Waals surface area contributed by atoms with Crippen LogP contribution in [0, 0.1) is 0 Å². The predicted molar refractivity (Wildman–Crippen MR) is 91.3 cm³/mol. The average Bonchev–Trinajstić information content (AvgIpc) is 3.19. The minimum Gasteiger partial charge on any atom is -0.388 e. The summed E-state index contributed by atoms with van der Waals surface area (Å²) in [7, 11) is 0. The van der Waals surface area contributed by atoms with Crippen LogP contribution in [0.4, 0.5) is 19.1 Å². The van der Waals surface area contributed by atoms with Gasteiger partial charge in [-0.05, 0) is 6.07 Å². The molecule has 3 N–H and O–H groups in total. The molecule has 0 radical (unpaired) electrons. The Bertz CT molecular complexity index is 806. The summed E-state index contributed by atoms with van der Waals surface area (Å²) in [4.78, 5) is 7.13. The van der Waals surface area contributed by atoms with Crippen LogP contribution in [0.25, 0.3) is 0 Å². The fourth-order valence-corrected chi connectivity index (χ4v) is 2.79. The standard InChI is InChI=1S/C16H19F3N6O4/c1-2-7-28-14-11(23-15-20-4-3-10(22-15)16(17,18)19)13(27)12(26)9(29-14)8-25-6-5-21-24-25/h2-6,9,11-14,26-27H,1,7-8H2,(H,20,22,23). The molecule has 2 aromatic heterocycles. The Morgan fingerprint density at radius 2 is 2.10 bits per heavy atom. The van der Waals surface area contributed by atoms with Crippen LogP contribution in [0.5, 0.6) is 0 Å². The first-order chi connectivity index (χ1) is 13.8. The second-order valence-electron chi connectivity index (χ2n) is 6.20. The Morgan fingerprint density at radius 3 is 2.76 bits per heavy atom. The van der Waals surface area contributed by atoms with E-state index in [2.05, 4.69) is 32.2 Å². The van der Waals surface area contributed by atoms with Crippen LogP contribution in [0.1, 0.15) is 5.69 Å². The molecule has 0 spiro atoms. The summed E-state index contributed by atoms with van der Waals surface area (Å²) in [6.07, 6.45) is -4.24. The molecule has 0 aromatic carbocycles. The molecule has 13 heteroatoms. The summed E-state index contributed by atoms with van der Waals surface area (Å²) < 4.78 is 51.2. The normalized spacial score (nSPS) is 27.6. The van der Waals surface area contributed by atoms with Crippen molar-refractivity contribution >= 4 is 5.95 Å². The van der Waals surface area contributed by atoms with Crippen LogP contribution in [-0.4, -0.2) is 72.4 Å². The number of anilines is 1. The number of hydrogen-bond donors (Lipinski definition) is 3. The summed E-state index contributed by atoms with van der Waals surface area (Å²) in [6, 6.07) is -0.436. The number of aromatic nitrogens is 5. The first-order valence-electron chi connectivity index (χ1n) is 8.54. The highest BCUT2D eigenvalue weighted by atomic mass is 19.4. The van der Waals surface area contributed by atoms with Crippen LogP contribution in [-0.2, 0) is 22.2 Å². The molecule has 1 fully saturated rings. The first kappa shape index (κ1) is 21.1. The topological polar surface area (TPSA) is 127 Å². The molecular weight excluding hydrogens is 397 g/mol. The number of ether oxygens (including phenoxy) is 2. The molecule has 0 amide bonds. The Balaban J connectivity index is 1.79. The lowest BCUT2D eigenvalue weighted by molar-refractivity contribution is -0.256. The van der Waals surface area contributed by atoms with Gasteiger partial charge in [-0.2, -0.15) is 13.2 Å². The summed E-state index contributed by atoms with van der Waals surface area (Å²) >= 11 is 0. The SMILES string of the molecule is C=CCOC1OC(Cn2ccnn2)C(O)C(O)C1Nc1nccc(C(F)(F)F)n1. The molecule has 0 bridgehead atoms. The second-order valence-corrected chi connectivity index (χ2v) is 6.20. The molecule has 0 saturated carbocycles. The zero-order valence-electron chi connectivity index (χ0n) is 15.0. The van der Waals surface area contributed by atoms with E-state index in [1.807, 2.05) is 0 Å². The Labute approximate surface area is 163 Å². The van der Waals surface area contributed by atoms with Crippen molar-refractivity contribution in [3.63, 3.8) is 0 Å². The van der Waals surface area contributed by atoms with Crippen LogP contribution in [0.2, 0.25) is 0 Å². The van der Waals surface area contributed by atoms with Crippen LogP contribution in [0.15, 0.2) is 37.3 Å². The van der Waals surface area contributed by atoms with E-state index < -0.39 is 48.5 Å². The van der Waals surface area contributed by atoms with Crippen molar-refractivity contribution in [3.8, 4) is 0 Å². The molecule has 1 aliphatic heterocycles. The maximum Gasteiger partial charge on any atom is 0.433 e. The van der Waals surface area contributed by atoms with Gasteiger partial charge in [-0.3, -0.25) is 0 Å². The first-order valence-corrected chi connectivity index (χ1v) is 8.54. The van der Waals surface area contributed by atoms with Crippen molar-refractivity contribution in [3.05, 3.63) is 43.0 Å². The van der Waals surface area contributed by atoms with Crippen molar-refractivity contribution in [2.45, 2.75) is 43.4 Å². The van der Waals surface area contributed by atoms with Gasteiger partial charge in [0.15, 0.2) is 6.29 Å². The summed E-state index contributed by atoms with van der Waals surface area (Å²) in [6.45, 7) is 3.62. The van der Waals surface area contributed by atoms with Crippen molar-refractivity contribution in [2.24, 2.45) is 0 Å². The number of nitrogens with one attached hydrogen (secondary N) is 1. The molecule has 1 aliphatic rings. The third kappa shape index (κ3) is 5.06. The Hall–Kier alpha value is -2.61. The molecule has 1 saturated heterocycles. The zero-order valence-corrected chi connectivity index (χ0v) is 15.0. The van der Waals surface area contributed by atoms with Crippen molar-refractivity contribution < 1.29 is 32.9 Å². The molecule has 158 valence electrons. The van der Waals surface area contributed by atoms with E-state index in [1.165, 1.54) is 17.0 Å². The summed E-state index contributed by atoms with van der Waals surface area (Å²) in [5.74, 6) is -0.401. The van der Waals surface area contributed by atoms with E-state index in [4.69, 9.17) is 9.47 Å². The monoisotopic (exact) mass is 416 g/mol. The average molecular weight is 416 g/mol. The molecule has 10 nitrogen and oxygen atoms in total. The molecule has 2 aromatic rings. The fourth-order valence-electron chi connectivity index (χ4n) is 2.79. The number of nitrogens with zero attached hydrogens (tertiary/aromatic N) is 5. The van der Waals surface area contributed by atoms with Crippen molar-refractivity contribution in [1.29, 1.82) is 0 Å². The van der Waals surface area contributed by atoms with E-state index in [0.717, 1.165) is 6.20 Å². The Kier molecular flexibility index (Phi) is 6.42. The minimum atomic E-state index is -4.66. The summed E-state index contributed by atoms with van der Waals surface area (Å²) in [5.41, 5.74) is -1.16. The third-order valence-corrected chi connectivity index (χ3v) is 4.16. The van der Waals surface area contributed by atoms with Gasteiger partial charge in [-0.1, -0.05) is 11.3 Å². The van der Waals surface area contributed by atoms with E-state index in [1.54, 1.807) is 6.20 Å². The van der Waals surface area contributed by atoms with Crippen LogP contribution in [0.3, 0.4) is 0 Å². The second kappa shape index (κ2) is 8.82. The van der Waals surface area contributed by atoms with Gasteiger partial charge < -0.3 is 25.0 Å². The largest absolute Gasteiger partial charge is 0.433 e. The number of rotatable bonds is 7.